The van der Waals surface area contributed by atoms with E-state index in [9.17, 15) is 9.59 Å². The summed E-state index contributed by atoms with van der Waals surface area (Å²) in [5.74, 6) is -0.670. The van der Waals surface area contributed by atoms with Gasteiger partial charge in [-0.25, -0.2) is 14.6 Å². The average Bonchev–Trinajstić information content (AvgIpc) is 3.11. The molecule has 0 aliphatic carbocycles. The number of carbonyl (C=O) groups excluding carboxylic acids is 2. The molecule has 0 saturated heterocycles. The SMILES string of the molecule is Cc1ccc(C2=N/C(=C\c3ccc(OC(=O)c4ccc(Cl)cc4Cl)cc3)C(=O)O2)cc1Cl. The number of benzene rings is 3. The molecule has 8 heteroatoms. The van der Waals surface area contributed by atoms with Gasteiger partial charge in [-0.3, -0.25) is 0 Å². The number of nitrogens with zero attached hydrogens (tertiary/aromatic N) is 1. The van der Waals surface area contributed by atoms with Crippen LogP contribution < -0.4 is 4.74 Å². The lowest BCUT2D eigenvalue weighted by atomic mass is 10.1. The van der Waals surface area contributed by atoms with E-state index in [1.165, 1.54) is 12.1 Å². The smallest absolute Gasteiger partial charge is 0.363 e. The highest BCUT2D eigenvalue weighted by molar-refractivity contribution is 6.36. The van der Waals surface area contributed by atoms with E-state index in [2.05, 4.69) is 4.99 Å². The molecule has 32 heavy (non-hydrogen) atoms. The minimum atomic E-state index is -0.608. The number of aliphatic imine (C=N–C) groups is 1. The number of hydrogen-bond donors (Lipinski definition) is 0. The number of halogens is 3. The summed E-state index contributed by atoms with van der Waals surface area (Å²) in [6, 6.07) is 16.4. The molecular weight excluding hydrogens is 473 g/mol. The second-order valence-corrected chi connectivity index (χ2v) is 8.13. The Morgan fingerprint density at radius 2 is 1.72 bits per heavy atom. The summed E-state index contributed by atoms with van der Waals surface area (Å²) in [5, 5.41) is 1.18. The number of rotatable bonds is 4. The van der Waals surface area contributed by atoms with Gasteiger partial charge in [0, 0.05) is 15.6 Å². The summed E-state index contributed by atoms with van der Waals surface area (Å²) < 4.78 is 10.6. The van der Waals surface area contributed by atoms with E-state index < -0.39 is 11.9 Å². The quantitative estimate of drug-likeness (QED) is 0.239. The maximum Gasteiger partial charge on any atom is 0.363 e. The van der Waals surface area contributed by atoms with Crippen LogP contribution >= 0.6 is 34.8 Å². The summed E-state index contributed by atoms with van der Waals surface area (Å²) in [7, 11) is 0. The highest BCUT2D eigenvalue weighted by Crippen LogP contribution is 2.25. The first-order valence-corrected chi connectivity index (χ1v) is 10.5. The Kier molecular flexibility index (Phi) is 6.33. The van der Waals surface area contributed by atoms with E-state index in [0.717, 1.165) is 5.56 Å². The number of carbonyl (C=O) groups is 2. The maximum absolute atomic E-state index is 12.3. The lowest BCUT2D eigenvalue weighted by Crippen LogP contribution is -2.09. The van der Waals surface area contributed by atoms with Crippen LogP contribution in [0.25, 0.3) is 6.08 Å². The summed E-state index contributed by atoms with van der Waals surface area (Å²) in [6.45, 7) is 1.88. The van der Waals surface area contributed by atoms with Gasteiger partial charge in [0.1, 0.15) is 5.75 Å². The highest BCUT2D eigenvalue weighted by Gasteiger charge is 2.24. The second kappa shape index (κ2) is 9.17. The van der Waals surface area contributed by atoms with Crippen molar-refractivity contribution < 1.29 is 19.1 Å². The molecule has 0 spiro atoms. The lowest BCUT2D eigenvalue weighted by molar-refractivity contribution is -0.129. The predicted octanol–water partition coefficient (Wildman–Crippen LogP) is 6.52. The van der Waals surface area contributed by atoms with Gasteiger partial charge in [-0.2, -0.15) is 0 Å². The van der Waals surface area contributed by atoms with Crippen LogP contribution in [0.1, 0.15) is 27.0 Å². The van der Waals surface area contributed by atoms with E-state index in [1.807, 2.05) is 13.0 Å². The van der Waals surface area contributed by atoms with Gasteiger partial charge in [0.05, 0.1) is 10.6 Å². The third-order valence-electron chi connectivity index (χ3n) is 4.58. The first-order chi connectivity index (χ1) is 15.3. The summed E-state index contributed by atoms with van der Waals surface area (Å²) in [4.78, 5) is 28.8. The molecule has 1 aliphatic rings. The molecule has 1 heterocycles. The van der Waals surface area contributed by atoms with Crippen molar-refractivity contribution >= 4 is 58.7 Å². The molecule has 0 N–H and O–H groups in total. The number of cyclic esters (lactones) is 1. The normalized spacial score (nSPS) is 14.3. The van der Waals surface area contributed by atoms with Crippen LogP contribution in [0.5, 0.6) is 5.75 Å². The van der Waals surface area contributed by atoms with Gasteiger partial charge in [-0.1, -0.05) is 53.0 Å². The number of hydrogen-bond acceptors (Lipinski definition) is 5. The van der Waals surface area contributed by atoms with Gasteiger partial charge >= 0.3 is 11.9 Å². The van der Waals surface area contributed by atoms with Gasteiger partial charge < -0.3 is 9.47 Å². The van der Waals surface area contributed by atoms with Crippen LogP contribution in [0.4, 0.5) is 0 Å². The molecule has 0 radical (unpaired) electrons. The number of ether oxygens (including phenoxy) is 2. The van der Waals surface area contributed by atoms with Gasteiger partial charge in [-0.05, 0) is 66.6 Å². The Hall–Kier alpha value is -3.12. The topological polar surface area (TPSA) is 65.0 Å². The van der Waals surface area contributed by atoms with Gasteiger partial charge in [0.25, 0.3) is 0 Å². The molecule has 3 aromatic rings. The van der Waals surface area contributed by atoms with Crippen LogP contribution in [0.15, 0.2) is 71.4 Å². The van der Waals surface area contributed by atoms with Crippen molar-refractivity contribution in [2.24, 2.45) is 4.99 Å². The Balaban J connectivity index is 1.50. The van der Waals surface area contributed by atoms with Crippen molar-refractivity contribution in [3.8, 4) is 5.75 Å². The molecule has 0 unspecified atom stereocenters. The van der Waals surface area contributed by atoms with E-state index in [4.69, 9.17) is 44.3 Å². The first-order valence-electron chi connectivity index (χ1n) is 9.36. The van der Waals surface area contributed by atoms with Crippen LogP contribution in [0.3, 0.4) is 0 Å². The van der Waals surface area contributed by atoms with Crippen LogP contribution in [-0.2, 0) is 9.53 Å². The maximum atomic E-state index is 12.3. The van der Waals surface area contributed by atoms with Gasteiger partial charge in [0.15, 0.2) is 5.70 Å². The molecule has 0 aromatic heterocycles. The minimum Gasteiger partial charge on any atom is -0.423 e. The van der Waals surface area contributed by atoms with E-state index >= 15 is 0 Å². The van der Waals surface area contributed by atoms with Crippen molar-refractivity contribution in [3.63, 3.8) is 0 Å². The highest BCUT2D eigenvalue weighted by atomic mass is 35.5. The molecule has 1 aliphatic heterocycles. The first kappa shape index (κ1) is 22.1. The minimum absolute atomic E-state index is 0.148. The molecule has 0 fully saturated rings. The summed E-state index contributed by atoms with van der Waals surface area (Å²) in [5.41, 5.74) is 2.55. The van der Waals surface area contributed by atoms with Crippen LogP contribution in [0, 0.1) is 6.92 Å². The zero-order valence-corrected chi connectivity index (χ0v) is 18.8. The lowest BCUT2D eigenvalue weighted by Gasteiger charge is -2.06. The molecule has 0 bridgehead atoms. The third kappa shape index (κ3) is 4.86. The van der Waals surface area contributed by atoms with Gasteiger partial charge in [0.2, 0.25) is 5.90 Å². The van der Waals surface area contributed by atoms with Crippen LogP contribution in [0.2, 0.25) is 15.1 Å². The molecule has 5 nitrogen and oxygen atoms in total. The fraction of sp³-hybridized carbons (Fsp3) is 0.0417. The Labute approximate surface area is 198 Å². The fourth-order valence-corrected chi connectivity index (χ4v) is 3.53. The number of aryl methyl sites for hydroxylation is 1. The van der Waals surface area contributed by atoms with Crippen LogP contribution in [-0.4, -0.2) is 17.8 Å². The molecular formula is C24H14Cl3NO4. The zero-order valence-electron chi connectivity index (χ0n) is 16.6. The van der Waals surface area contributed by atoms with E-state index in [1.54, 1.807) is 48.5 Å². The van der Waals surface area contributed by atoms with Crippen molar-refractivity contribution in [2.75, 3.05) is 0 Å². The molecule has 4 rings (SSSR count). The third-order valence-corrected chi connectivity index (χ3v) is 5.54. The molecule has 0 saturated carbocycles. The van der Waals surface area contributed by atoms with Crippen molar-refractivity contribution in [2.45, 2.75) is 6.92 Å². The Morgan fingerprint density at radius 1 is 0.969 bits per heavy atom. The zero-order chi connectivity index (χ0) is 22.8. The second-order valence-electron chi connectivity index (χ2n) is 6.88. The largest absolute Gasteiger partial charge is 0.423 e. The Bertz CT molecular complexity index is 1300. The Morgan fingerprint density at radius 3 is 2.41 bits per heavy atom. The average molecular weight is 487 g/mol. The standard InChI is InChI=1S/C24H14Cl3NO4/c1-13-2-5-15(11-19(13)26)22-28-21(24(30)32-22)10-14-3-7-17(8-4-14)31-23(29)18-9-6-16(25)12-20(18)27/h2-12H,1H3/b21-10-. The van der Waals surface area contributed by atoms with Crippen molar-refractivity contribution in [3.05, 3.63) is 104 Å². The van der Waals surface area contributed by atoms with Gasteiger partial charge in [-0.15, -0.1) is 0 Å². The molecule has 0 atom stereocenters. The molecule has 3 aromatic carbocycles. The van der Waals surface area contributed by atoms with Crippen molar-refractivity contribution in [1.29, 1.82) is 0 Å². The van der Waals surface area contributed by atoms with E-state index in [0.29, 0.717) is 26.9 Å². The molecule has 0 amide bonds. The number of esters is 2. The summed E-state index contributed by atoms with van der Waals surface area (Å²) >= 11 is 18.0. The summed E-state index contributed by atoms with van der Waals surface area (Å²) in [6.07, 6.45) is 1.58. The predicted molar refractivity (Wildman–Crippen MR) is 125 cm³/mol. The van der Waals surface area contributed by atoms with E-state index in [-0.39, 0.29) is 22.2 Å². The fourth-order valence-electron chi connectivity index (χ4n) is 2.87. The molecule has 160 valence electrons. The monoisotopic (exact) mass is 485 g/mol. The van der Waals surface area contributed by atoms with Crippen molar-refractivity contribution in [1.82, 2.24) is 0 Å².